The maximum Gasteiger partial charge on any atom is 0.338 e. The number of benzene rings is 2. The number of esters is 1. The number of nitrogens with one attached hydrogen (secondary N) is 1. The molecule has 0 atom stereocenters. The Hall–Kier alpha value is -3.02. The first-order valence-electron chi connectivity index (χ1n) is 8.31. The van der Waals surface area contributed by atoms with Crippen molar-refractivity contribution < 1.29 is 23.8 Å². The minimum Gasteiger partial charge on any atom is -0.493 e. The molecule has 2 rings (SSSR count). The number of amides is 1. The van der Waals surface area contributed by atoms with Gasteiger partial charge < -0.3 is 19.5 Å². The number of carbonyl (C=O) groups excluding carboxylic acids is 2. The summed E-state index contributed by atoms with van der Waals surface area (Å²) in [4.78, 5) is 23.6. The van der Waals surface area contributed by atoms with Crippen molar-refractivity contribution in [2.45, 2.75) is 26.5 Å². The highest BCUT2D eigenvalue weighted by Crippen LogP contribution is 2.29. The molecule has 0 unspecified atom stereocenters. The fraction of sp³-hybridized carbons (Fsp3) is 0.300. The maximum atomic E-state index is 12.1. The Labute approximate surface area is 153 Å². The predicted octanol–water partition coefficient (Wildman–Crippen LogP) is 2.96. The quantitative estimate of drug-likeness (QED) is 0.735. The Balaban J connectivity index is 1.98. The number of carbonyl (C=O) groups is 2. The van der Waals surface area contributed by atoms with Crippen LogP contribution in [0.25, 0.3) is 0 Å². The van der Waals surface area contributed by atoms with E-state index >= 15 is 0 Å². The zero-order valence-electron chi connectivity index (χ0n) is 15.2. The third-order valence-electron chi connectivity index (χ3n) is 3.42. The van der Waals surface area contributed by atoms with Gasteiger partial charge in [-0.25, -0.2) is 4.79 Å². The predicted molar refractivity (Wildman–Crippen MR) is 97.3 cm³/mol. The number of rotatable bonds is 8. The smallest absolute Gasteiger partial charge is 0.338 e. The molecule has 2 aromatic carbocycles. The molecule has 0 aromatic heterocycles. The molecule has 0 aliphatic rings. The van der Waals surface area contributed by atoms with Crippen molar-refractivity contribution in [3.8, 4) is 11.5 Å². The Morgan fingerprint density at radius 3 is 2.42 bits per heavy atom. The normalized spacial score (nSPS) is 10.3. The molecule has 0 saturated heterocycles. The molecule has 0 fully saturated rings. The average Bonchev–Trinajstić information content (AvgIpc) is 2.64. The van der Waals surface area contributed by atoms with Gasteiger partial charge in [-0.2, -0.15) is 0 Å². The van der Waals surface area contributed by atoms with Crippen molar-refractivity contribution in [3.63, 3.8) is 0 Å². The van der Waals surface area contributed by atoms with Gasteiger partial charge in [0.2, 0.25) is 0 Å². The van der Waals surface area contributed by atoms with E-state index < -0.39 is 5.97 Å². The summed E-state index contributed by atoms with van der Waals surface area (Å²) >= 11 is 0. The van der Waals surface area contributed by atoms with Crippen molar-refractivity contribution in [1.82, 2.24) is 5.32 Å². The molecule has 6 nitrogen and oxygen atoms in total. The molecule has 1 amide bonds. The van der Waals surface area contributed by atoms with Crippen molar-refractivity contribution in [3.05, 3.63) is 59.7 Å². The Morgan fingerprint density at radius 2 is 1.77 bits per heavy atom. The Bertz CT molecular complexity index is 743. The summed E-state index contributed by atoms with van der Waals surface area (Å²) in [5.74, 6) is -0.00703. The van der Waals surface area contributed by atoms with Gasteiger partial charge in [0.05, 0.1) is 12.7 Å². The van der Waals surface area contributed by atoms with Crippen LogP contribution in [0.15, 0.2) is 48.5 Å². The van der Waals surface area contributed by atoms with E-state index in [1.807, 2.05) is 44.2 Å². The van der Waals surface area contributed by atoms with Crippen LogP contribution in [0.5, 0.6) is 11.5 Å². The third kappa shape index (κ3) is 5.81. The summed E-state index contributed by atoms with van der Waals surface area (Å²) in [6.07, 6.45) is 0. The number of ether oxygens (including phenoxy) is 3. The second-order valence-electron chi connectivity index (χ2n) is 5.94. The molecule has 0 radical (unpaired) electrons. The largest absolute Gasteiger partial charge is 0.493 e. The van der Waals surface area contributed by atoms with Gasteiger partial charge in [0.1, 0.15) is 6.61 Å². The Morgan fingerprint density at radius 1 is 1.04 bits per heavy atom. The van der Waals surface area contributed by atoms with Crippen LogP contribution in [0.4, 0.5) is 0 Å². The fourth-order valence-corrected chi connectivity index (χ4v) is 2.23. The zero-order valence-corrected chi connectivity index (χ0v) is 15.2. The second-order valence-corrected chi connectivity index (χ2v) is 5.94. The summed E-state index contributed by atoms with van der Waals surface area (Å²) in [7, 11) is 1.50. The molecular formula is C20H23NO5. The van der Waals surface area contributed by atoms with Gasteiger partial charge in [0.25, 0.3) is 5.91 Å². The molecule has 0 aliphatic heterocycles. The summed E-state index contributed by atoms with van der Waals surface area (Å²) in [5.41, 5.74) is 1.31. The van der Waals surface area contributed by atoms with Gasteiger partial charge >= 0.3 is 5.97 Å². The van der Waals surface area contributed by atoms with E-state index in [9.17, 15) is 9.59 Å². The van der Waals surface area contributed by atoms with Crippen LogP contribution in [0.2, 0.25) is 0 Å². The lowest BCUT2D eigenvalue weighted by molar-refractivity contribution is -0.124. The summed E-state index contributed by atoms with van der Waals surface area (Å²) in [6, 6.07) is 14.5. The average molecular weight is 357 g/mol. The molecule has 2 aromatic rings. The highest BCUT2D eigenvalue weighted by molar-refractivity contribution is 5.92. The number of hydrogen-bond donors (Lipinski definition) is 1. The summed E-state index contributed by atoms with van der Waals surface area (Å²) in [6.45, 7) is 3.72. The van der Waals surface area contributed by atoms with Crippen LogP contribution in [0, 0.1) is 0 Å². The van der Waals surface area contributed by atoms with Gasteiger partial charge in [-0.05, 0) is 37.6 Å². The van der Waals surface area contributed by atoms with Gasteiger partial charge in [0.15, 0.2) is 18.1 Å². The van der Waals surface area contributed by atoms with Crippen LogP contribution in [0.3, 0.4) is 0 Å². The molecule has 26 heavy (non-hydrogen) atoms. The molecular weight excluding hydrogens is 334 g/mol. The van der Waals surface area contributed by atoms with Gasteiger partial charge in [-0.3, -0.25) is 4.79 Å². The lowest BCUT2D eigenvalue weighted by Gasteiger charge is -2.12. The molecule has 1 N–H and O–H groups in total. The highest BCUT2D eigenvalue weighted by atomic mass is 16.5. The van der Waals surface area contributed by atoms with E-state index in [2.05, 4.69) is 5.32 Å². The molecule has 0 spiro atoms. The van der Waals surface area contributed by atoms with E-state index in [1.165, 1.54) is 13.2 Å². The standard InChI is InChI=1S/C20H23NO5/c1-14(2)21-19(22)13-26-20(23)16-9-10-17(18(11-16)24-3)25-12-15-7-5-4-6-8-15/h4-11,14H,12-13H2,1-3H3,(H,21,22). The zero-order chi connectivity index (χ0) is 18.9. The fourth-order valence-electron chi connectivity index (χ4n) is 2.23. The summed E-state index contributed by atoms with van der Waals surface area (Å²) < 4.78 is 16.1. The topological polar surface area (TPSA) is 73.9 Å². The highest BCUT2D eigenvalue weighted by Gasteiger charge is 2.14. The monoisotopic (exact) mass is 357 g/mol. The van der Waals surface area contributed by atoms with Crippen LogP contribution >= 0.6 is 0 Å². The molecule has 0 bridgehead atoms. The van der Waals surface area contributed by atoms with Crippen molar-refractivity contribution >= 4 is 11.9 Å². The van der Waals surface area contributed by atoms with Crippen LogP contribution in [0.1, 0.15) is 29.8 Å². The first kappa shape index (κ1) is 19.3. The van der Waals surface area contributed by atoms with Gasteiger partial charge in [-0.1, -0.05) is 30.3 Å². The molecule has 0 saturated carbocycles. The van der Waals surface area contributed by atoms with Crippen LogP contribution < -0.4 is 14.8 Å². The van der Waals surface area contributed by atoms with E-state index in [4.69, 9.17) is 14.2 Å². The maximum absolute atomic E-state index is 12.1. The number of methoxy groups -OCH3 is 1. The molecule has 138 valence electrons. The summed E-state index contributed by atoms with van der Waals surface area (Å²) in [5, 5.41) is 2.65. The lowest BCUT2D eigenvalue weighted by Crippen LogP contribution is -2.33. The van der Waals surface area contributed by atoms with E-state index in [-0.39, 0.29) is 24.1 Å². The van der Waals surface area contributed by atoms with E-state index in [0.29, 0.717) is 18.1 Å². The van der Waals surface area contributed by atoms with Gasteiger partial charge in [-0.15, -0.1) is 0 Å². The van der Waals surface area contributed by atoms with Crippen LogP contribution in [-0.4, -0.2) is 31.6 Å². The molecule has 0 heterocycles. The lowest BCUT2D eigenvalue weighted by atomic mass is 10.2. The molecule has 6 heteroatoms. The molecule has 0 aliphatic carbocycles. The van der Waals surface area contributed by atoms with Gasteiger partial charge in [0, 0.05) is 6.04 Å². The SMILES string of the molecule is COc1cc(C(=O)OCC(=O)NC(C)C)ccc1OCc1ccccc1. The first-order valence-corrected chi connectivity index (χ1v) is 8.31. The number of hydrogen-bond acceptors (Lipinski definition) is 5. The Kier molecular flexibility index (Phi) is 7.02. The van der Waals surface area contributed by atoms with Crippen molar-refractivity contribution in [1.29, 1.82) is 0 Å². The van der Waals surface area contributed by atoms with Crippen LogP contribution in [-0.2, 0) is 16.1 Å². The van der Waals surface area contributed by atoms with E-state index in [0.717, 1.165) is 5.56 Å². The third-order valence-corrected chi connectivity index (χ3v) is 3.42. The van der Waals surface area contributed by atoms with E-state index in [1.54, 1.807) is 12.1 Å². The minimum absolute atomic E-state index is 0.0117. The van der Waals surface area contributed by atoms with Crippen molar-refractivity contribution in [2.24, 2.45) is 0 Å². The second kappa shape index (κ2) is 9.46. The van der Waals surface area contributed by atoms with Crippen molar-refractivity contribution in [2.75, 3.05) is 13.7 Å². The first-order chi connectivity index (χ1) is 12.5. The minimum atomic E-state index is -0.600.